The van der Waals surface area contributed by atoms with Gasteiger partial charge in [0.25, 0.3) is 0 Å². The van der Waals surface area contributed by atoms with E-state index in [4.69, 9.17) is 10.5 Å². The SMILES string of the molecule is COC1CCN(C(CN)c2cc(F)ccc2Br)C1. The lowest BCUT2D eigenvalue weighted by Crippen LogP contribution is -2.33. The number of nitrogens with zero attached hydrogens (tertiary/aromatic N) is 1. The van der Waals surface area contributed by atoms with Crippen LogP contribution in [0.3, 0.4) is 0 Å². The number of methoxy groups -OCH3 is 1. The van der Waals surface area contributed by atoms with Crippen LogP contribution in [0.2, 0.25) is 0 Å². The van der Waals surface area contributed by atoms with E-state index >= 15 is 0 Å². The fraction of sp³-hybridized carbons (Fsp3) is 0.538. The predicted molar refractivity (Wildman–Crippen MR) is 72.9 cm³/mol. The summed E-state index contributed by atoms with van der Waals surface area (Å²) in [7, 11) is 1.73. The minimum atomic E-state index is -0.228. The molecule has 3 nitrogen and oxygen atoms in total. The normalized spacial score (nSPS) is 22.3. The molecule has 2 unspecified atom stereocenters. The van der Waals surface area contributed by atoms with Crippen LogP contribution < -0.4 is 5.73 Å². The summed E-state index contributed by atoms with van der Waals surface area (Å²) in [5.74, 6) is -0.228. The van der Waals surface area contributed by atoms with Crippen molar-refractivity contribution in [3.8, 4) is 0 Å². The number of nitrogens with two attached hydrogens (primary N) is 1. The van der Waals surface area contributed by atoms with Gasteiger partial charge in [0.15, 0.2) is 0 Å². The van der Waals surface area contributed by atoms with Crippen LogP contribution in [0.15, 0.2) is 22.7 Å². The second kappa shape index (κ2) is 6.10. The summed E-state index contributed by atoms with van der Waals surface area (Å²) >= 11 is 3.47. The molecule has 0 radical (unpaired) electrons. The first-order valence-electron chi connectivity index (χ1n) is 6.07. The van der Waals surface area contributed by atoms with E-state index in [-0.39, 0.29) is 18.0 Å². The van der Waals surface area contributed by atoms with Crippen LogP contribution >= 0.6 is 15.9 Å². The van der Waals surface area contributed by atoms with E-state index in [1.165, 1.54) is 6.07 Å². The molecule has 0 spiro atoms. The molecule has 1 aliphatic rings. The van der Waals surface area contributed by atoms with Crippen molar-refractivity contribution in [2.24, 2.45) is 5.73 Å². The molecular weight excluding hydrogens is 299 g/mol. The molecule has 1 aromatic carbocycles. The lowest BCUT2D eigenvalue weighted by atomic mass is 10.1. The number of ether oxygens (including phenoxy) is 1. The average Bonchev–Trinajstić information content (AvgIpc) is 2.83. The molecule has 2 N–H and O–H groups in total. The molecule has 2 atom stereocenters. The molecule has 0 aliphatic carbocycles. The van der Waals surface area contributed by atoms with Gasteiger partial charge < -0.3 is 10.5 Å². The van der Waals surface area contributed by atoms with Crippen LogP contribution in [0, 0.1) is 5.82 Å². The van der Waals surface area contributed by atoms with Crippen molar-refractivity contribution in [2.45, 2.75) is 18.6 Å². The van der Waals surface area contributed by atoms with Crippen LogP contribution in [-0.4, -0.2) is 37.7 Å². The zero-order valence-corrected chi connectivity index (χ0v) is 12.0. The highest BCUT2D eigenvalue weighted by Crippen LogP contribution is 2.30. The molecule has 1 aliphatic heterocycles. The number of likely N-dealkylation sites (tertiary alicyclic amines) is 1. The second-order valence-electron chi connectivity index (χ2n) is 4.56. The monoisotopic (exact) mass is 316 g/mol. The third-order valence-electron chi connectivity index (χ3n) is 3.49. The van der Waals surface area contributed by atoms with Crippen LogP contribution in [0.1, 0.15) is 18.0 Å². The third-order valence-corrected chi connectivity index (χ3v) is 4.21. The largest absolute Gasteiger partial charge is 0.380 e. The quantitative estimate of drug-likeness (QED) is 0.926. The van der Waals surface area contributed by atoms with Gasteiger partial charge >= 0.3 is 0 Å². The van der Waals surface area contributed by atoms with E-state index in [1.807, 2.05) is 0 Å². The van der Waals surface area contributed by atoms with Crippen molar-refractivity contribution in [2.75, 3.05) is 26.7 Å². The van der Waals surface area contributed by atoms with Gasteiger partial charge in [-0.25, -0.2) is 4.39 Å². The molecule has 5 heteroatoms. The number of benzene rings is 1. The van der Waals surface area contributed by atoms with Crippen molar-refractivity contribution in [3.63, 3.8) is 0 Å². The summed E-state index contributed by atoms with van der Waals surface area (Å²) in [6.45, 7) is 2.25. The molecule has 18 heavy (non-hydrogen) atoms. The molecular formula is C13H18BrFN2O. The standard InChI is InChI=1S/C13H18BrFN2O/c1-18-10-4-5-17(8-10)13(7-16)11-6-9(15)2-3-12(11)14/h2-3,6,10,13H,4-5,7-8,16H2,1H3. The van der Waals surface area contributed by atoms with Gasteiger partial charge in [-0.05, 0) is 30.2 Å². The molecule has 0 saturated carbocycles. The fourth-order valence-corrected chi connectivity index (χ4v) is 2.98. The molecule has 0 amide bonds. The first kappa shape index (κ1) is 13.9. The Morgan fingerprint density at radius 3 is 3.00 bits per heavy atom. The number of hydrogen-bond acceptors (Lipinski definition) is 3. The van der Waals surface area contributed by atoms with Crippen molar-refractivity contribution in [1.29, 1.82) is 0 Å². The number of rotatable bonds is 4. The Kier molecular flexibility index (Phi) is 4.72. The predicted octanol–water partition coefficient (Wildman–Crippen LogP) is 2.31. The van der Waals surface area contributed by atoms with E-state index in [9.17, 15) is 4.39 Å². The minimum absolute atomic E-state index is 0.0372. The van der Waals surface area contributed by atoms with Gasteiger partial charge in [0.1, 0.15) is 5.82 Å². The van der Waals surface area contributed by atoms with Gasteiger partial charge in [-0.15, -0.1) is 0 Å². The zero-order valence-electron chi connectivity index (χ0n) is 10.4. The zero-order chi connectivity index (χ0) is 13.1. The highest BCUT2D eigenvalue weighted by molar-refractivity contribution is 9.10. The van der Waals surface area contributed by atoms with E-state index < -0.39 is 0 Å². The van der Waals surface area contributed by atoms with Gasteiger partial charge in [0.05, 0.1) is 6.10 Å². The smallest absolute Gasteiger partial charge is 0.123 e. The second-order valence-corrected chi connectivity index (χ2v) is 5.41. The first-order valence-corrected chi connectivity index (χ1v) is 6.87. The summed E-state index contributed by atoms with van der Waals surface area (Å²) in [6.07, 6.45) is 1.26. The highest BCUT2D eigenvalue weighted by Gasteiger charge is 2.29. The Hall–Kier alpha value is -0.490. The van der Waals surface area contributed by atoms with Crippen LogP contribution in [-0.2, 0) is 4.74 Å². The van der Waals surface area contributed by atoms with E-state index in [2.05, 4.69) is 20.8 Å². The summed E-state index contributed by atoms with van der Waals surface area (Å²) in [6, 6.07) is 4.78. The lowest BCUT2D eigenvalue weighted by Gasteiger charge is -2.27. The van der Waals surface area contributed by atoms with E-state index in [0.29, 0.717) is 6.54 Å². The van der Waals surface area contributed by atoms with Gasteiger partial charge in [0.2, 0.25) is 0 Å². The molecule has 1 heterocycles. The van der Waals surface area contributed by atoms with Crippen molar-refractivity contribution in [3.05, 3.63) is 34.1 Å². The third kappa shape index (κ3) is 2.91. The molecule has 1 saturated heterocycles. The van der Waals surface area contributed by atoms with Crippen molar-refractivity contribution in [1.82, 2.24) is 4.90 Å². The molecule has 0 aromatic heterocycles. The van der Waals surface area contributed by atoms with Gasteiger partial charge in [-0.2, -0.15) is 0 Å². The minimum Gasteiger partial charge on any atom is -0.380 e. The lowest BCUT2D eigenvalue weighted by molar-refractivity contribution is 0.101. The van der Waals surface area contributed by atoms with Gasteiger partial charge in [-0.3, -0.25) is 4.90 Å². The molecule has 1 aromatic rings. The Morgan fingerprint density at radius 2 is 2.39 bits per heavy atom. The maximum atomic E-state index is 13.4. The topological polar surface area (TPSA) is 38.5 Å². The Labute approximate surface area is 115 Å². The summed E-state index contributed by atoms with van der Waals surface area (Å²) in [4.78, 5) is 2.26. The Morgan fingerprint density at radius 1 is 1.61 bits per heavy atom. The summed E-state index contributed by atoms with van der Waals surface area (Å²) in [5.41, 5.74) is 6.78. The van der Waals surface area contributed by atoms with E-state index in [1.54, 1.807) is 19.2 Å². The molecule has 2 rings (SSSR count). The summed E-state index contributed by atoms with van der Waals surface area (Å²) in [5, 5.41) is 0. The Bertz CT molecular complexity index is 416. The first-order chi connectivity index (χ1) is 8.65. The van der Waals surface area contributed by atoms with Crippen LogP contribution in [0.4, 0.5) is 4.39 Å². The number of hydrogen-bond donors (Lipinski definition) is 1. The van der Waals surface area contributed by atoms with Crippen molar-refractivity contribution < 1.29 is 9.13 Å². The van der Waals surface area contributed by atoms with Crippen molar-refractivity contribution >= 4 is 15.9 Å². The molecule has 0 bridgehead atoms. The molecule has 100 valence electrons. The number of halogens is 2. The van der Waals surface area contributed by atoms with Crippen LogP contribution in [0.5, 0.6) is 0 Å². The highest BCUT2D eigenvalue weighted by atomic mass is 79.9. The van der Waals surface area contributed by atoms with E-state index in [0.717, 1.165) is 29.5 Å². The average molecular weight is 317 g/mol. The Balaban J connectivity index is 2.20. The molecule has 1 fully saturated rings. The van der Waals surface area contributed by atoms with Crippen LogP contribution in [0.25, 0.3) is 0 Å². The fourth-order valence-electron chi connectivity index (χ4n) is 2.47. The van der Waals surface area contributed by atoms with Gasteiger partial charge in [0, 0.05) is 37.3 Å². The maximum Gasteiger partial charge on any atom is 0.123 e. The summed E-state index contributed by atoms with van der Waals surface area (Å²) < 4.78 is 19.6. The van der Waals surface area contributed by atoms with Gasteiger partial charge in [-0.1, -0.05) is 15.9 Å². The maximum absolute atomic E-state index is 13.4.